The standard InChI is InChI=1S/C71H43N.C70H43F/c72-44-45-22-24-52(25-23-45)66-42-67(53-32-26-49(27-33-53)59-19-7-13-46-10-1-4-16-56(46)59)63-40-41-65-69(55-36-30-51(31-37-55)61-21-9-15-48-12-3-6-18-58(48)61)43-68(64-39-38-62(66)70(63)71(64)65)54-34-28-50(29-35-54)60-20-8-14-47-11-2-5-17-57(47)60;71-54-36-34-53(35-37-54)68-43-67(52-32-26-49(27-33-52)60-21-9-15-46-12-3-6-18-57(46)60)63-39-38-61-65(50-28-22-47(23-29-50)58-19-7-13-44-10-1-4-16-55(44)58)42-66(62-40-41-64(68)70(63)69(61)62)51-30-24-48(25-31-51)59-20-8-14-45-11-2-5-17-56(45)59/h1-43H;1-43H. The average molecular weight is 1810 g/mol. The van der Waals surface area contributed by atoms with Gasteiger partial charge in [0.1, 0.15) is 5.82 Å². The van der Waals surface area contributed by atoms with Crippen LogP contribution < -0.4 is 0 Å². The van der Waals surface area contributed by atoms with Crippen LogP contribution in [0.25, 0.3) is 285 Å². The van der Waals surface area contributed by atoms with E-state index in [1.807, 2.05) is 24.3 Å². The Balaban J connectivity index is 0.000000143. The van der Waals surface area contributed by atoms with Gasteiger partial charge in [-0.15, -0.1) is 0 Å². The third-order valence-corrected chi connectivity index (χ3v) is 30.1. The Kier molecular flexibility index (Phi) is 20.3. The van der Waals surface area contributed by atoms with Gasteiger partial charge >= 0.3 is 0 Å². The van der Waals surface area contributed by atoms with Crippen molar-refractivity contribution in [3.63, 3.8) is 0 Å². The number of halogens is 1. The SMILES string of the molecule is Fc1ccc(-c2cc(-c3ccc(-c4cccc5ccccc45)cc3)c3ccc4c(-c5ccc(-c6cccc7ccccc67)cc5)cc(-c5ccc(-c6cccc7ccccc67)cc5)c5ccc2c3c54)cc1.N#Cc1ccc(-c2cc(-c3ccc(-c4cccc5ccccc45)cc3)c3ccc4c(-c5ccc(-c6cccc7ccccc67)cc5)cc(-c5ccc(-c6cccc7ccccc67)cc5)c5ccc2c3c54)cc1. The average Bonchev–Trinajstić information content (AvgIpc) is 0.707. The van der Waals surface area contributed by atoms with Crippen LogP contribution in [-0.4, -0.2) is 0 Å². The number of nitriles is 1. The fourth-order valence-electron chi connectivity index (χ4n) is 23.1. The third kappa shape index (κ3) is 14.5. The summed E-state index contributed by atoms with van der Waals surface area (Å²) in [7, 11) is 0. The van der Waals surface area contributed by atoms with Crippen molar-refractivity contribution < 1.29 is 4.39 Å². The van der Waals surface area contributed by atoms with E-state index in [1.54, 1.807) is 12.1 Å². The number of benzene rings is 28. The molecule has 143 heavy (non-hydrogen) atoms. The fraction of sp³-hybridized carbons (Fsp3) is 0. The van der Waals surface area contributed by atoms with Crippen LogP contribution >= 0.6 is 0 Å². The molecule has 28 aromatic carbocycles. The van der Waals surface area contributed by atoms with Crippen LogP contribution in [0.15, 0.2) is 522 Å². The highest BCUT2D eigenvalue weighted by Gasteiger charge is 2.26. The van der Waals surface area contributed by atoms with Gasteiger partial charge in [0.25, 0.3) is 0 Å². The Bertz CT molecular complexity index is 9650. The second kappa shape index (κ2) is 34.7. The molecule has 1 nitrogen and oxygen atoms in total. The fourth-order valence-corrected chi connectivity index (χ4v) is 23.1. The van der Waals surface area contributed by atoms with Gasteiger partial charge in [-0.05, 0) is 334 Å². The van der Waals surface area contributed by atoms with Gasteiger partial charge in [-0.1, -0.05) is 473 Å². The van der Waals surface area contributed by atoms with E-state index in [1.165, 1.54) is 230 Å². The molecule has 0 saturated heterocycles. The van der Waals surface area contributed by atoms with Crippen LogP contribution in [0.4, 0.5) is 4.39 Å². The van der Waals surface area contributed by atoms with E-state index >= 15 is 0 Å². The van der Waals surface area contributed by atoms with Crippen molar-refractivity contribution in [1.82, 2.24) is 0 Å². The molecule has 0 spiro atoms. The summed E-state index contributed by atoms with van der Waals surface area (Å²) in [5.41, 5.74) is 33.4. The van der Waals surface area contributed by atoms with Gasteiger partial charge in [0.05, 0.1) is 11.6 Å². The van der Waals surface area contributed by atoms with Crippen molar-refractivity contribution in [2.24, 2.45) is 0 Å². The Morgan fingerprint density at radius 3 is 0.434 bits per heavy atom. The zero-order valence-electron chi connectivity index (χ0n) is 78.0. The molecule has 0 unspecified atom stereocenters. The topological polar surface area (TPSA) is 23.8 Å². The Morgan fingerprint density at radius 1 is 0.126 bits per heavy atom. The summed E-state index contributed by atoms with van der Waals surface area (Å²) in [5, 5.41) is 39.2. The van der Waals surface area contributed by atoms with Gasteiger partial charge in [0.2, 0.25) is 0 Å². The third-order valence-electron chi connectivity index (χ3n) is 30.1. The van der Waals surface area contributed by atoms with Gasteiger partial charge in [0.15, 0.2) is 0 Å². The Labute approximate surface area is 827 Å². The Hall–Kier alpha value is -18.8. The smallest absolute Gasteiger partial charge is 0.123 e. The molecule has 0 N–H and O–H groups in total. The van der Waals surface area contributed by atoms with E-state index in [0.29, 0.717) is 5.56 Å². The number of rotatable bonds is 14. The lowest BCUT2D eigenvalue weighted by atomic mass is 9.81. The molecule has 0 aromatic heterocycles. The molecule has 0 fully saturated rings. The lowest BCUT2D eigenvalue weighted by molar-refractivity contribution is 0.628. The van der Waals surface area contributed by atoms with Gasteiger partial charge in [-0.2, -0.15) is 5.26 Å². The molecule has 28 aromatic rings. The molecular formula is C141H86FN. The number of nitrogens with zero attached hydrogens (tertiary/aromatic N) is 1. The summed E-state index contributed by atoms with van der Waals surface area (Å²) < 4.78 is 14.7. The van der Waals surface area contributed by atoms with Crippen LogP contribution in [0.1, 0.15) is 5.56 Å². The van der Waals surface area contributed by atoms with Crippen LogP contribution in [0.3, 0.4) is 0 Å². The summed E-state index contributed by atoms with van der Waals surface area (Å²) in [4.78, 5) is 0. The minimum atomic E-state index is -0.247. The summed E-state index contributed by atoms with van der Waals surface area (Å²) >= 11 is 0. The highest BCUT2D eigenvalue weighted by atomic mass is 19.1. The molecule has 0 aliphatic rings. The Morgan fingerprint density at radius 2 is 0.266 bits per heavy atom. The molecule has 0 saturated carbocycles. The summed E-state index contributed by atoms with van der Waals surface area (Å²) in [5.74, 6) is -0.247. The van der Waals surface area contributed by atoms with Crippen molar-refractivity contribution in [1.29, 1.82) is 5.26 Å². The zero-order valence-corrected chi connectivity index (χ0v) is 78.0. The van der Waals surface area contributed by atoms with Crippen LogP contribution in [0, 0.1) is 17.1 Å². The molecule has 0 radical (unpaired) electrons. The lowest BCUT2D eigenvalue weighted by Crippen LogP contribution is -1.94. The molecule has 2 heteroatoms. The van der Waals surface area contributed by atoms with E-state index < -0.39 is 0 Å². The molecule has 0 aliphatic carbocycles. The molecule has 0 aliphatic heterocycles. The highest BCUT2D eigenvalue weighted by Crippen LogP contribution is 2.54. The number of fused-ring (bicyclic) bond motifs is 6. The minimum absolute atomic E-state index is 0.247. The van der Waals surface area contributed by atoms with E-state index in [2.05, 4.69) is 491 Å². The molecular weight excluding hydrogens is 1730 g/mol. The van der Waals surface area contributed by atoms with Gasteiger partial charge in [-0.25, -0.2) is 4.39 Å². The molecule has 662 valence electrons. The minimum Gasteiger partial charge on any atom is -0.207 e. The molecule has 0 amide bonds. The molecule has 0 atom stereocenters. The van der Waals surface area contributed by atoms with Crippen molar-refractivity contribution in [2.75, 3.05) is 0 Å². The van der Waals surface area contributed by atoms with E-state index in [0.717, 1.165) is 55.5 Å². The predicted molar refractivity (Wildman–Crippen MR) is 606 cm³/mol. The zero-order chi connectivity index (χ0) is 94.7. The first kappa shape index (κ1) is 83.6. The van der Waals surface area contributed by atoms with Crippen molar-refractivity contribution >= 4 is 129 Å². The van der Waals surface area contributed by atoms with E-state index in [9.17, 15) is 9.65 Å². The van der Waals surface area contributed by atoms with Gasteiger partial charge < -0.3 is 0 Å². The predicted octanol–water partition coefficient (Wildman–Crippen LogP) is 39.4. The molecule has 0 heterocycles. The molecule has 28 rings (SSSR count). The number of hydrogen-bond donors (Lipinski definition) is 0. The largest absolute Gasteiger partial charge is 0.207 e. The van der Waals surface area contributed by atoms with E-state index in [-0.39, 0.29) is 5.82 Å². The first-order chi connectivity index (χ1) is 70.8. The van der Waals surface area contributed by atoms with Crippen LogP contribution in [0.2, 0.25) is 0 Å². The normalized spacial score (nSPS) is 11.7. The maximum absolute atomic E-state index is 14.7. The monoisotopic (exact) mass is 1810 g/mol. The highest BCUT2D eigenvalue weighted by molar-refractivity contribution is 6.34. The van der Waals surface area contributed by atoms with Gasteiger partial charge in [-0.3, -0.25) is 0 Å². The van der Waals surface area contributed by atoms with Crippen molar-refractivity contribution in [2.45, 2.75) is 0 Å². The molecule has 0 bridgehead atoms. The maximum atomic E-state index is 14.7. The van der Waals surface area contributed by atoms with Crippen LogP contribution in [-0.2, 0) is 0 Å². The number of hydrogen-bond acceptors (Lipinski definition) is 1. The summed E-state index contributed by atoms with van der Waals surface area (Å²) in [6, 6.07) is 192. The van der Waals surface area contributed by atoms with Crippen molar-refractivity contribution in [3.8, 4) is 162 Å². The second-order valence-corrected chi connectivity index (χ2v) is 37.8. The van der Waals surface area contributed by atoms with E-state index in [4.69, 9.17) is 0 Å². The summed E-state index contributed by atoms with van der Waals surface area (Å²) in [6.45, 7) is 0. The maximum Gasteiger partial charge on any atom is 0.123 e. The van der Waals surface area contributed by atoms with Crippen LogP contribution in [0.5, 0.6) is 0 Å². The first-order valence-corrected chi connectivity index (χ1v) is 49.1. The lowest BCUT2D eigenvalue weighted by Gasteiger charge is -2.22. The van der Waals surface area contributed by atoms with Crippen molar-refractivity contribution in [3.05, 3.63) is 533 Å². The van der Waals surface area contributed by atoms with Gasteiger partial charge in [0, 0.05) is 0 Å². The quantitative estimate of drug-likeness (QED) is 0.0996. The summed E-state index contributed by atoms with van der Waals surface area (Å²) in [6.07, 6.45) is 0. The first-order valence-electron chi connectivity index (χ1n) is 49.1. The second-order valence-electron chi connectivity index (χ2n) is 37.8.